The Bertz CT molecular complexity index is 865. The van der Waals surface area contributed by atoms with Gasteiger partial charge in [0.25, 0.3) is 0 Å². The summed E-state index contributed by atoms with van der Waals surface area (Å²) < 4.78 is 5.04. The average molecular weight is 415 g/mol. The lowest BCUT2D eigenvalue weighted by Crippen LogP contribution is -2.17. The van der Waals surface area contributed by atoms with Crippen LogP contribution in [0.25, 0.3) is 6.08 Å². The SMILES string of the molecule is CCCC(=O)N=C1S/C(=C\c2ccc(N3CCCC3)cc2)C(O)=C1C(=O)OCC. The molecule has 0 radical (unpaired) electrons. The Hall–Kier alpha value is -2.54. The summed E-state index contributed by atoms with van der Waals surface area (Å²) in [6.07, 6.45) is 5.18. The summed E-state index contributed by atoms with van der Waals surface area (Å²) in [6, 6.07) is 8.08. The van der Waals surface area contributed by atoms with Crippen molar-refractivity contribution in [2.75, 3.05) is 24.6 Å². The molecule has 1 N–H and O–H groups in total. The lowest BCUT2D eigenvalue weighted by Gasteiger charge is -2.17. The Morgan fingerprint density at radius 2 is 1.90 bits per heavy atom. The van der Waals surface area contributed by atoms with Crippen molar-refractivity contribution in [3.63, 3.8) is 0 Å². The first-order chi connectivity index (χ1) is 14.0. The zero-order valence-electron chi connectivity index (χ0n) is 16.8. The molecule has 0 aromatic heterocycles. The van der Waals surface area contributed by atoms with E-state index in [-0.39, 0.29) is 35.3 Å². The van der Waals surface area contributed by atoms with Gasteiger partial charge in [0, 0.05) is 25.2 Å². The number of anilines is 1. The molecule has 1 fully saturated rings. The molecule has 29 heavy (non-hydrogen) atoms. The van der Waals surface area contributed by atoms with Crippen molar-refractivity contribution < 1.29 is 19.4 Å². The quantitative estimate of drug-likeness (QED) is 0.692. The number of amides is 1. The second-order valence-electron chi connectivity index (χ2n) is 6.90. The van der Waals surface area contributed by atoms with Crippen LogP contribution >= 0.6 is 11.8 Å². The second kappa shape index (κ2) is 9.78. The number of carbonyl (C=O) groups excluding carboxylic acids is 2. The summed E-state index contributed by atoms with van der Waals surface area (Å²) in [6.45, 7) is 5.90. The fourth-order valence-corrected chi connectivity index (χ4v) is 4.31. The molecule has 0 spiro atoms. The van der Waals surface area contributed by atoms with Crippen molar-refractivity contribution >= 4 is 40.4 Å². The highest BCUT2D eigenvalue weighted by molar-refractivity contribution is 8.18. The Labute approximate surface area is 175 Å². The molecule has 154 valence electrons. The highest BCUT2D eigenvalue weighted by atomic mass is 32.2. The van der Waals surface area contributed by atoms with Crippen LogP contribution in [0.4, 0.5) is 5.69 Å². The van der Waals surface area contributed by atoms with Crippen LogP contribution in [0.5, 0.6) is 0 Å². The average Bonchev–Trinajstić information content (AvgIpc) is 3.32. The van der Waals surface area contributed by atoms with Crippen molar-refractivity contribution in [3.8, 4) is 0 Å². The minimum Gasteiger partial charge on any atom is -0.506 e. The molecule has 7 heteroatoms. The van der Waals surface area contributed by atoms with Crippen molar-refractivity contribution in [2.45, 2.75) is 39.5 Å². The smallest absolute Gasteiger partial charge is 0.344 e. The number of benzene rings is 1. The van der Waals surface area contributed by atoms with E-state index in [4.69, 9.17) is 4.74 Å². The summed E-state index contributed by atoms with van der Waals surface area (Å²) in [7, 11) is 0. The fraction of sp³-hybridized carbons (Fsp3) is 0.409. The Kier molecular flexibility index (Phi) is 7.14. The van der Waals surface area contributed by atoms with Crippen LogP contribution in [-0.4, -0.2) is 41.7 Å². The number of esters is 1. The predicted molar refractivity (Wildman–Crippen MR) is 117 cm³/mol. The number of thioether (sulfide) groups is 1. The Morgan fingerprint density at radius 1 is 1.21 bits per heavy atom. The molecule has 2 heterocycles. The van der Waals surface area contributed by atoms with Gasteiger partial charge < -0.3 is 14.7 Å². The molecule has 0 atom stereocenters. The predicted octanol–water partition coefficient (Wildman–Crippen LogP) is 4.47. The zero-order chi connectivity index (χ0) is 20.8. The minimum atomic E-state index is -0.673. The van der Waals surface area contributed by atoms with Crippen LogP contribution in [0.1, 0.15) is 45.1 Å². The summed E-state index contributed by atoms with van der Waals surface area (Å²) in [5.74, 6) is -1.19. The van der Waals surface area contributed by atoms with Crippen molar-refractivity contribution in [3.05, 3.63) is 46.1 Å². The van der Waals surface area contributed by atoms with E-state index in [2.05, 4.69) is 22.0 Å². The molecule has 3 rings (SSSR count). The van der Waals surface area contributed by atoms with Gasteiger partial charge in [-0.25, -0.2) is 9.79 Å². The van der Waals surface area contributed by atoms with Crippen molar-refractivity contribution in [1.82, 2.24) is 0 Å². The molecular formula is C22H26N2O4S. The van der Waals surface area contributed by atoms with Gasteiger partial charge in [0.1, 0.15) is 16.4 Å². The molecule has 0 saturated carbocycles. The van der Waals surface area contributed by atoms with E-state index < -0.39 is 5.97 Å². The molecule has 2 aliphatic heterocycles. The van der Waals surface area contributed by atoms with Crippen LogP contribution in [-0.2, 0) is 14.3 Å². The minimum absolute atomic E-state index is 0.0405. The number of rotatable bonds is 6. The number of hydrogen-bond donors (Lipinski definition) is 1. The summed E-state index contributed by atoms with van der Waals surface area (Å²) in [4.78, 5) is 31.2. The molecule has 1 aromatic carbocycles. The van der Waals surface area contributed by atoms with E-state index in [0.29, 0.717) is 11.3 Å². The van der Waals surface area contributed by atoms with Gasteiger partial charge in [-0.2, -0.15) is 0 Å². The third kappa shape index (κ3) is 5.09. The number of aliphatic imine (C=N–C) groups is 1. The first kappa shape index (κ1) is 21.2. The molecule has 0 unspecified atom stereocenters. The maximum Gasteiger partial charge on any atom is 0.344 e. The van der Waals surface area contributed by atoms with Crippen LogP contribution in [0.15, 0.2) is 45.5 Å². The van der Waals surface area contributed by atoms with Crippen LogP contribution in [0, 0.1) is 0 Å². The van der Waals surface area contributed by atoms with Crippen LogP contribution in [0.3, 0.4) is 0 Å². The van der Waals surface area contributed by atoms with Gasteiger partial charge >= 0.3 is 5.97 Å². The molecular weight excluding hydrogens is 388 g/mol. The molecule has 0 bridgehead atoms. The lowest BCUT2D eigenvalue weighted by molar-refractivity contribution is -0.138. The maximum absolute atomic E-state index is 12.3. The number of nitrogens with zero attached hydrogens (tertiary/aromatic N) is 2. The third-order valence-corrected chi connectivity index (χ3v) is 5.74. The first-order valence-corrected chi connectivity index (χ1v) is 10.8. The van der Waals surface area contributed by atoms with E-state index in [1.54, 1.807) is 13.0 Å². The van der Waals surface area contributed by atoms with Gasteiger partial charge in [0.05, 0.1) is 11.5 Å². The molecule has 1 saturated heterocycles. The number of aliphatic hydroxyl groups is 1. The fourth-order valence-electron chi connectivity index (χ4n) is 3.28. The van der Waals surface area contributed by atoms with Gasteiger partial charge in [-0.15, -0.1) is 0 Å². The Balaban J connectivity index is 1.88. The molecule has 0 aliphatic carbocycles. The number of hydrogen-bond acceptors (Lipinski definition) is 6. The van der Waals surface area contributed by atoms with Gasteiger partial charge in [-0.3, -0.25) is 4.79 Å². The highest BCUT2D eigenvalue weighted by Crippen LogP contribution is 2.39. The monoisotopic (exact) mass is 414 g/mol. The van der Waals surface area contributed by atoms with E-state index >= 15 is 0 Å². The topological polar surface area (TPSA) is 79.2 Å². The zero-order valence-corrected chi connectivity index (χ0v) is 17.6. The Morgan fingerprint density at radius 3 is 2.52 bits per heavy atom. The van der Waals surface area contributed by atoms with Gasteiger partial charge in [0.2, 0.25) is 5.91 Å². The van der Waals surface area contributed by atoms with Crippen molar-refractivity contribution in [1.29, 1.82) is 0 Å². The first-order valence-electron chi connectivity index (χ1n) is 10.0. The van der Waals surface area contributed by atoms with Crippen LogP contribution < -0.4 is 4.90 Å². The number of aliphatic hydroxyl groups excluding tert-OH is 1. The molecule has 1 aromatic rings. The summed E-state index contributed by atoms with van der Waals surface area (Å²) in [5.41, 5.74) is 2.04. The molecule has 1 amide bonds. The largest absolute Gasteiger partial charge is 0.506 e. The number of carbonyl (C=O) groups is 2. The van der Waals surface area contributed by atoms with Gasteiger partial charge in [0.15, 0.2) is 0 Å². The van der Waals surface area contributed by atoms with Gasteiger partial charge in [-0.05, 0) is 50.0 Å². The third-order valence-electron chi connectivity index (χ3n) is 4.72. The van der Waals surface area contributed by atoms with E-state index in [1.807, 2.05) is 19.1 Å². The second-order valence-corrected chi connectivity index (χ2v) is 7.93. The van der Waals surface area contributed by atoms with Crippen molar-refractivity contribution in [2.24, 2.45) is 4.99 Å². The maximum atomic E-state index is 12.3. The van der Waals surface area contributed by atoms with Crippen LogP contribution in [0.2, 0.25) is 0 Å². The summed E-state index contributed by atoms with van der Waals surface area (Å²) >= 11 is 1.11. The summed E-state index contributed by atoms with van der Waals surface area (Å²) in [5, 5.41) is 10.8. The van der Waals surface area contributed by atoms with Gasteiger partial charge in [-0.1, -0.05) is 30.8 Å². The standard InChI is InChI=1S/C22H26N2O4S/c1-3-7-18(25)23-21-19(22(27)28-4-2)20(26)17(29-21)14-15-8-10-16(11-9-15)24-12-5-6-13-24/h8-11,14,26H,3-7,12-13H2,1-2H3/b17-14-,23-21?. The molecule has 6 nitrogen and oxygen atoms in total. The lowest BCUT2D eigenvalue weighted by atomic mass is 10.1. The number of ether oxygens (including phenoxy) is 1. The molecule has 2 aliphatic rings. The van der Waals surface area contributed by atoms with E-state index in [9.17, 15) is 14.7 Å². The van der Waals surface area contributed by atoms with E-state index in [1.165, 1.54) is 18.5 Å². The highest BCUT2D eigenvalue weighted by Gasteiger charge is 2.33. The normalized spacial score (nSPS) is 19.4. The van der Waals surface area contributed by atoms with E-state index in [0.717, 1.165) is 30.4 Å².